The molecule has 2 heterocycles. The topological polar surface area (TPSA) is 172 Å². The normalized spacial score (nSPS) is 24.0. The van der Waals surface area contributed by atoms with Gasteiger partial charge in [-0.3, -0.25) is 0 Å². The number of amides is 1. The van der Waals surface area contributed by atoms with Crippen molar-refractivity contribution in [2.45, 2.75) is 68.5 Å². The van der Waals surface area contributed by atoms with E-state index in [1.807, 2.05) is 0 Å². The first-order valence-corrected chi connectivity index (χ1v) is 10.3. The predicted molar refractivity (Wildman–Crippen MR) is 103 cm³/mol. The Labute approximate surface area is 165 Å². The van der Waals surface area contributed by atoms with Gasteiger partial charge >= 0.3 is 6.09 Å². The third kappa shape index (κ3) is 4.80. The zero-order valence-corrected chi connectivity index (χ0v) is 16.3. The largest absolute Gasteiger partial charge is 0.465 e. The summed E-state index contributed by atoms with van der Waals surface area (Å²) in [6.07, 6.45) is 1.67. The third-order valence-electron chi connectivity index (χ3n) is 4.52. The maximum Gasteiger partial charge on any atom is 0.402 e. The predicted octanol–water partition coefficient (Wildman–Crippen LogP) is 0.978. The van der Waals surface area contributed by atoms with Crippen molar-refractivity contribution in [1.29, 1.82) is 0 Å². The minimum Gasteiger partial charge on any atom is -0.465 e. The zero-order chi connectivity index (χ0) is 20.3. The maximum absolute atomic E-state index is 10.2. The molecule has 28 heavy (non-hydrogen) atoms. The van der Waals surface area contributed by atoms with Crippen molar-refractivity contribution in [1.82, 2.24) is 25.0 Å². The number of aliphatic hydroxyl groups is 2. The summed E-state index contributed by atoms with van der Waals surface area (Å²) < 4.78 is 1.66. The molecule has 0 saturated heterocycles. The fourth-order valence-electron chi connectivity index (χ4n) is 3.02. The molecule has 1 amide bonds. The van der Waals surface area contributed by atoms with Gasteiger partial charge in [0.05, 0.1) is 12.1 Å². The molecule has 4 rings (SSSR count). The van der Waals surface area contributed by atoms with Crippen molar-refractivity contribution in [3.05, 3.63) is 0 Å². The van der Waals surface area contributed by atoms with E-state index in [9.17, 15) is 10.2 Å². The number of nitrogens with one attached hydrogen (secondary N) is 1. The molecule has 3 atom stereocenters. The van der Waals surface area contributed by atoms with Crippen molar-refractivity contribution in [2.24, 2.45) is 5.73 Å². The van der Waals surface area contributed by atoms with E-state index in [1.165, 1.54) is 0 Å². The number of nitrogens with zero attached hydrogens (tertiary/aromatic N) is 5. The number of rotatable bonds is 6. The number of carbonyl (C=O) groups is 1. The summed E-state index contributed by atoms with van der Waals surface area (Å²) >= 11 is 1.61. The molecular weight excluding hydrogens is 386 g/mol. The van der Waals surface area contributed by atoms with Gasteiger partial charge < -0.3 is 26.4 Å². The summed E-state index contributed by atoms with van der Waals surface area (Å²) in [6, 6.07) is 0.161. The Morgan fingerprint density at radius 2 is 2.00 bits per heavy atom. The number of fused-ring (bicyclic) bond motifs is 1. The molecule has 0 unspecified atom stereocenters. The number of primary amides is 1. The van der Waals surface area contributed by atoms with Crippen LogP contribution in [0.25, 0.3) is 11.2 Å². The van der Waals surface area contributed by atoms with E-state index in [1.54, 1.807) is 16.4 Å². The maximum atomic E-state index is 10.2. The molecule has 2 aromatic heterocycles. The van der Waals surface area contributed by atoms with Gasteiger partial charge in [0.2, 0.25) is 0 Å². The fraction of sp³-hybridized carbons (Fsp3) is 0.688. The van der Waals surface area contributed by atoms with Crippen LogP contribution in [0.4, 0.5) is 10.6 Å². The molecule has 2 saturated carbocycles. The number of carboxylic acid groups (broad SMARTS) is 1. The Hall–Kier alpha value is -2.18. The van der Waals surface area contributed by atoms with Crippen LogP contribution >= 0.6 is 11.8 Å². The molecule has 2 aliphatic carbocycles. The van der Waals surface area contributed by atoms with Gasteiger partial charge in [-0.2, -0.15) is 0 Å². The average molecular weight is 411 g/mol. The van der Waals surface area contributed by atoms with Gasteiger partial charge in [0, 0.05) is 11.8 Å². The highest BCUT2D eigenvalue weighted by Crippen LogP contribution is 2.34. The molecule has 6 N–H and O–H groups in total. The lowest BCUT2D eigenvalue weighted by Crippen LogP contribution is -2.28. The first-order valence-electron chi connectivity index (χ1n) is 9.27. The number of anilines is 1. The summed E-state index contributed by atoms with van der Waals surface area (Å²) in [6.45, 7) is 2.12. The number of hydrogen-bond acceptors (Lipinski definition) is 9. The van der Waals surface area contributed by atoms with Gasteiger partial charge in [0.15, 0.2) is 22.1 Å². The number of thioether (sulfide) groups is 1. The monoisotopic (exact) mass is 411 g/mol. The van der Waals surface area contributed by atoms with E-state index in [2.05, 4.69) is 38.3 Å². The summed E-state index contributed by atoms with van der Waals surface area (Å²) in [5.41, 5.74) is 5.29. The number of aromatic nitrogens is 5. The van der Waals surface area contributed by atoms with Gasteiger partial charge in [0.1, 0.15) is 6.10 Å². The van der Waals surface area contributed by atoms with Gasteiger partial charge in [-0.05, 0) is 32.1 Å². The van der Waals surface area contributed by atoms with E-state index in [-0.39, 0.29) is 6.04 Å². The number of hydrogen-bond donors (Lipinski definition) is 5. The first-order chi connectivity index (χ1) is 13.4. The molecule has 12 heteroatoms. The second-order valence-corrected chi connectivity index (χ2v) is 7.93. The summed E-state index contributed by atoms with van der Waals surface area (Å²) in [7, 11) is 0. The minimum absolute atomic E-state index is 0.294. The van der Waals surface area contributed by atoms with Gasteiger partial charge in [0.25, 0.3) is 0 Å². The fourth-order valence-corrected chi connectivity index (χ4v) is 3.71. The highest BCUT2D eigenvalue weighted by Gasteiger charge is 2.37. The van der Waals surface area contributed by atoms with Gasteiger partial charge in [-0.15, -0.1) is 5.10 Å². The van der Waals surface area contributed by atoms with Crippen molar-refractivity contribution < 1.29 is 20.1 Å². The molecule has 0 spiro atoms. The summed E-state index contributed by atoms with van der Waals surface area (Å²) in [5.74, 6) is 1.67. The Morgan fingerprint density at radius 1 is 1.29 bits per heavy atom. The molecule has 154 valence electrons. The minimum atomic E-state index is -1.33. The van der Waals surface area contributed by atoms with Crippen molar-refractivity contribution in [3.8, 4) is 0 Å². The lowest BCUT2D eigenvalue weighted by molar-refractivity contribution is 0.0215. The van der Waals surface area contributed by atoms with Crippen molar-refractivity contribution in [3.63, 3.8) is 0 Å². The highest BCUT2D eigenvalue weighted by molar-refractivity contribution is 7.99. The SMILES string of the molecule is CCCSc1nc(NC2CC2)c2nnn([C@@H]3CC[C@@H](O)[C@H]3O)c2n1.NC(=O)O. The van der Waals surface area contributed by atoms with Crippen LogP contribution in [-0.4, -0.2) is 70.4 Å². The third-order valence-corrected chi connectivity index (χ3v) is 5.57. The molecular formula is C16H25N7O4S. The lowest BCUT2D eigenvalue weighted by atomic mass is 10.2. The molecule has 0 bridgehead atoms. The average Bonchev–Trinajstić information content (AvgIpc) is 3.27. The van der Waals surface area contributed by atoms with Crippen LogP contribution in [0.1, 0.15) is 45.1 Å². The molecule has 0 radical (unpaired) electrons. The van der Waals surface area contributed by atoms with Crippen LogP contribution in [0.5, 0.6) is 0 Å². The van der Waals surface area contributed by atoms with Crippen LogP contribution in [0.2, 0.25) is 0 Å². The molecule has 11 nitrogen and oxygen atoms in total. The van der Waals surface area contributed by atoms with Crippen molar-refractivity contribution in [2.75, 3.05) is 11.1 Å². The van der Waals surface area contributed by atoms with Crippen LogP contribution in [0.15, 0.2) is 5.16 Å². The molecule has 0 aliphatic heterocycles. The second kappa shape index (κ2) is 8.88. The first kappa shape index (κ1) is 20.6. The second-order valence-electron chi connectivity index (χ2n) is 6.87. The van der Waals surface area contributed by atoms with E-state index >= 15 is 0 Å². The number of aliphatic hydroxyl groups excluding tert-OH is 2. The Bertz CT molecular complexity index is 825. The standard InChI is InChI=1S/C15H22N6O2S.CH3NO2/c1-2-7-24-15-17-13(16-8-3-4-8)11-14(18-15)21(20-19-11)9-5-6-10(22)12(9)23;2-1(3)4/h8-10,12,22-23H,2-7H2,1H3,(H,16,17,18);2H2,(H,3,4)/t9-,10-,12+;/m1./s1. The smallest absolute Gasteiger partial charge is 0.402 e. The molecule has 2 aliphatic rings. The molecule has 0 aromatic carbocycles. The summed E-state index contributed by atoms with van der Waals surface area (Å²) in [5, 5.41) is 39.8. The van der Waals surface area contributed by atoms with E-state index < -0.39 is 18.3 Å². The quantitative estimate of drug-likeness (QED) is 0.340. The number of nitrogens with two attached hydrogens (primary N) is 1. The van der Waals surface area contributed by atoms with E-state index in [0.717, 1.165) is 30.8 Å². The Kier molecular flexibility index (Phi) is 6.52. The molecule has 2 fully saturated rings. The summed E-state index contributed by atoms with van der Waals surface area (Å²) in [4.78, 5) is 18.0. The van der Waals surface area contributed by atoms with Gasteiger partial charge in [-0.1, -0.05) is 23.9 Å². The molecule has 2 aromatic rings. The Balaban J connectivity index is 0.000000516. The van der Waals surface area contributed by atoms with E-state index in [0.29, 0.717) is 35.2 Å². The van der Waals surface area contributed by atoms with Crippen LogP contribution in [0.3, 0.4) is 0 Å². The van der Waals surface area contributed by atoms with Gasteiger partial charge in [-0.25, -0.2) is 19.4 Å². The van der Waals surface area contributed by atoms with E-state index in [4.69, 9.17) is 9.90 Å². The van der Waals surface area contributed by atoms with Crippen LogP contribution in [-0.2, 0) is 0 Å². The highest BCUT2D eigenvalue weighted by atomic mass is 32.2. The Morgan fingerprint density at radius 3 is 2.57 bits per heavy atom. The van der Waals surface area contributed by atoms with Crippen molar-refractivity contribution >= 4 is 34.8 Å². The van der Waals surface area contributed by atoms with Crippen LogP contribution in [0, 0.1) is 0 Å². The lowest BCUT2D eigenvalue weighted by Gasteiger charge is -2.16. The van der Waals surface area contributed by atoms with Crippen LogP contribution < -0.4 is 11.1 Å². The zero-order valence-electron chi connectivity index (χ0n) is 15.5.